The molecule has 4 rings (SSSR count). The molecule has 1 aliphatic carbocycles. The van der Waals surface area contributed by atoms with Crippen LogP contribution >= 0.6 is 0 Å². The van der Waals surface area contributed by atoms with Gasteiger partial charge in [-0.3, -0.25) is 9.69 Å². The Hall–Kier alpha value is -2.29. The van der Waals surface area contributed by atoms with Crippen LogP contribution in [0, 0.1) is 11.8 Å². The molecule has 0 unspecified atom stereocenters. The maximum Gasteiger partial charge on any atom is 0.416 e. The number of carbonyl (C=O) groups is 2. The molecule has 2 heterocycles. The van der Waals surface area contributed by atoms with E-state index in [9.17, 15) is 22.8 Å². The molecule has 1 N–H and O–H groups in total. The van der Waals surface area contributed by atoms with E-state index in [-0.39, 0.29) is 17.9 Å². The minimum absolute atomic E-state index is 0.0807. The summed E-state index contributed by atoms with van der Waals surface area (Å²) in [6, 6.07) is 5.31. The lowest BCUT2D eigenvalue weighted by molar-refractivity contribution is -0.137. The number of ether oxygens (including phenoxy) is 1. The highest BCUT2D eigenvalue weighted by molar-refractivity contribution is 5.78. The van der Waals surface area contributed by atoms with E-state index in [4.69, 9.17) is 4.74 Å². The van der Waals surface area contributed by atoms with E-state index >= 15 is 0 Å². The van der Waals surface area contributed by atoms with Gasteiger partial charge in [0.25, 0.3) is 0 Å². The molecule has 3 fully saturated rings. The monoisotopic (exact) mass is 467 g/mol. The zero-order valence-corrected chi connectivity index (χ0v) is 19.0. The van der Waals surface area contributed by atoms with Gasteiger partial charge in [0, 0.05) is 52.0 Å². The Kier molecular flexibility index (Phi) is 6.88. The number of alkyl halides is 3. The largest absolute Gasteiger partial charge is 0.441 e. The van der Waals surface area contributed by atoms with Crippen LogP contribution in [0.1, 0.15) is 49.7 Å². The molecule has 0 bridgehead atoms. The fourth-order valence-electron chi connectivity index (χ4n) is 5.39. The molecule has 2 saturated heterocycles. The van der Waals surface area contributed by atoms with Crippen molar-refractivity contribution in [2.75, 3.05) is 33.2 Å². The van der Waals surface area contributed by atoms with Gasteiger partial charge in [0.15, 0.2) is 0 Å². The molecule has 1 aromatic carbocycles. The Morgan fingerprint density at radius 3 is 2.33 bits per heavy atom. The number of hydrogen-bond donors (Lipinski definition) is 1. The van der Waals surface area contributed by atoms with Crippen molar-refractivity contribution in [3.8, 4) is 0 Å². The number of carbonyl (C=O) groups excluding carboxylic acids is 2. The molecule has 2 aliphatic heterocycles. The highest BCUT2D eigenvalue weighted by atomic mass is 19.4. The summed E-state index contributed by atoms with van der Waals surface area (Å²) >= 11 is 0. The molecule has 3 aliphatic rings. The number of likely N-dealkylation sites (tertiary alicyclic amines) is 1. The summed E-state index contributed by atoms with van der Waals surface area (Å²) in [5, 5.41) is 2.72. The summed E-state index contributed by atoms with van der Waals surface area (Å²) < 4.78 is 44.1. The number of nitrogens with zero attached hydrogens (tertiary/aromatic N) is 2. The third-order valence-electron chi connectivity index (χ3n) is 7.44. The lowest BCUT2D eigenvalue weighted by Crippen LogP contribution is -2.46. The first-order valence-electron chi connectivity index (χ1n) is 11.8. The number of nitrogens with one attached hydrogen (secondary N) is 1. The van der Waals surface area contributed by atoms with Gasteiger partial charge in [0.1, 0.15) is 5.60 Å². The average molecular weight is 468 g/mol. The second-order valence-corrected chi connectivity index (χ2v) is 9.73. The van der Waals surface area contributed by atoms with Crippen molar-refractivity contribution in [1.82, 2.24) is 15.1 Å². The fourth-order valence-corrected chi connectivity index (χ4v) is 5.39. The second-order valence-electron chi connectivity index (χ2n) is 9.73. The van der Waals surface area contributed by atoms with E-state index in [2.05, 4.69) is 10.2 Å². The predicted molar refractivity (Wildman–Crippen MR) is 116 cm³/mol. The number of amides is 2. The van der Waals surface area contributed by atoms with Gasteiger partial charge in [0.05, 0.1) is 12.1 Å². The van der Waals surface area contributed by atoms with E-state index in [0.717, 1.165) is 69.3 Å². The van der Waals surface area contributed by atoms with E-state index in [1.165, 1.54) is 12.1 Å². The highest BCUT2D eigenvalue weighted by Gasteiger charge is 2.47. The first kappa shape index (κ1) is 23.9. The van der Waals surface area contributed by atoms with Crippen molar-refractivity contribution < 1.29 is 27.5 Å². The van der Waals surface area contributed by atoms with Gasteiger partial charge >= 0.3 is 12.3 Å². The number of hydrogen-bond acceptors (Lipinski definition) is 4. The van der Waals surface area contributed by atoms with Gasteiger partial charge in [-0.15, -0.1) is 0 Å². The molecule has 33 heavy (non-hydrogen) atoms. The maximum atomic E-state index is 12.8. The minimum Gasteiger partial charge on any atom is -0.441 e. The number of rotatable bonds is 5. The smallest absolute Gasteiger partial charge is 0.416 e. The lowest BCUT2D eigenvalue weighted by atomic mass is 9.81. The van der Waals surface area contributed by atoms with Gasteiger partial charge in [-0.2, -0.15) is 13.2 Å². The van der Waals surface area contributed by atoms with Crippen LogP contribution in [0.25, 0.3) is 0 Å². The molecule has 6 nitrogen and oxygen atoms in total. The molecule has 2 amide bonds. The molecule has 9 heteroatoms. The van der Waals surface area contributed by atoms with Gasteiger partial charge in [-0.1, -0.05) is 12.1 Å². The Balaban J connectivity index is 1.24. The van der Waals surface area contributed by atoms with Crippen LogP contribution < -0.4 is 5.32 Å². The Labute approximate surface area is 192 Å². The summed E-state index contributed by atoms with van der Waals surface area (Å²) in [4.78, 5) is 28.4. The third kappa shape index (κ3) is 5.62. The van der Waals surface area contributed by atoms with Crippen LogP contribution in [0.2, 0.25) is 0 Å². The summed E-state index contributed by atoms with van der Waals surface area (Å²) in [5.41, 5.74) is -0.257. The summed E-state index contributed by atoms with van der Waals surface area (Å²) in [6.07, 6.45) is 0.468. The summed E-state index contributed by atoms with van der Waals surface area (Å²) in [6.45, 7) is 3.32. The van der Waals surface area contributed by atoms with Crippen LogP contribution in [0.15, 0.2) is 24.3 Å². The van der Waals surface area contributed by atoms with Crippen molar-refractivity contribution >= 4 is 12.0 Å². The van der Waals surface area contributed by atoms with Crippen LogP contribution in [-0.4, -0.2) is 60.6 Å². The number of halogens is 3. The SMILES string of the molecule is CNC(=O)[C@H]1CC[C@H](CN2CC3(CCN(Cc4ccc(C(F)(F)F)cc4)CC3)OC2=O)CC1. The number of piperidine rings is 1. The second kappa shape index (κ2) is 9.52. The quantitative estimate of drug-likeness (QED) is 0.710. The molecule has 1 spiro atoms. The maximum absolute atomic E-state index is 12.8. The third-order valence-corrected chi connectivity index (χ3v) is 7.44. The number of benzene rings is 1. The molecular weight excluding hydrogens is 435 g/mol. The Morgan fingerprint density at radius 2 is 1.76 bits per heavy atom. The fraction of sp³-hybridized carbons (Fsp3) is 0.667. The van der Waals surface area contributed by atoms with Crippen molar-refractivity contribution in [2.45, 2.75) is 56.8 Å². The van der Waals surface area contributed by atoms with Crippen molar-refractivity contribution in [3.63, 3.8) is 0 Å². The zero-order valence-electron chi connectivity index (χ0n) is 19.0. The van der Waals surface area contributed by atoms with Crippen LogP contribution in [0.3, 0.4) is 0 Å². The standard InChI is InChI=1S/C24H32F3N3O3/c1-28-21(31)19-6-2-18(3-7-19)15-30-16-23(33-22(30)32)10-12-29(13-11-23)14-17-4-8-20(9-5-17)24(25,26)27/h4-5,8-9,18-19H,2-3,6-7,10-16H2,1H3,(H,28,31)/t18-,19-. The molecule has 1 saturated carbocycles. The Bertz CT molecular complexity index is 843. The zero-order chi connectivity index (χ0) is 23.6. The normalized spacial score (nSPS) is 25.8. The van der Waals surface area contributed by atoms with E-state index in [1.54, 1.807) is 7.05 Å². The van der Waals surface area contributed by atoms with Crippen molar-refractivity contribution in [3.05, 3.63) is 35.4 Å². The molecule has 1 aromatic rings. The molecule has 0 aromatic heterocycles. The topological polar surface area (TPSA) is 61.9 Å². The highest BCUT2D eigenvalue weighted by Crippen LogP contribution is 2.36. The average Bonchev–Trinajstić information content (AvgIpc) is 3.09. The first-order valence-corrected chi connectivity index (χ1v) is 11.8. The molecule has 0 radical (unpaired) electrons. The summed E-state index contributed by atoms with van der Waals surface area (Å²) in [5.74, 6) is 0.585. The predicted octanol–water partition coefficient (Wildman–Crippen LogP) is 4.04. The molecule has 0 atom stereocenters. The van der Waals surface area contributed by atoms with E-state index < -0.39 is 17.3 Å². The van der Waals surface area contributed by atoms with E-state index in [1.807, 2.05) is 4.90 Å². The minimum atomic E-state index is -4.32. The van der Waals surface area contributed by atoms with Crippen LogP contribution in [0.5, 0.6) is 0 Å². The van der Waals surface area contributed by atoms with Gasteiger partial charge in [-0.05, 0) is 49.3 Å². The van der Waals surface area contributed by atoms with Crippen LogP contribution in [-0.2, 0) is 22.3 Å². The van der Waals surface area contributed by atoms with Gasteiger partial charge < -0.3 is 15.0 Å². The first-order chi connectivity index (χ1) is 15.7. The molecular formula is C24H32F3N3O3. The van der Waals surface area contributed by atoms with Crippen molar-refractivity contribution in [1.29, 1.82) is 0 Å². The summed E-state index contributed by atoms with van der Waals surface area (Å²) in [7, 11) is 1.67. The van der Waals surface area contributed by atoms with Crippen LogP contribution in [0.4, 0.5) is 18.0 Å². The van der Waals surface area contributed by atoms with E-state index in [0.29, 0.717) is 25.6 Å². The van der Waals surface area contributed by atoms with Gasteiger partial charge in [-0.25, -0.2) is 4.79 Å². The molecule has 182 valence electrons. The van der Waals surface area contributed by atoms with Gasteiger partial charge in [0.2, 0.25) is 5.91 Å². The Morgan fingerprint density at radius 1 is 1.12 bits per heavy atom. The lowest BCUT2D eigenvalue weighted by Gasteiger charge is -2.37. The van der Waals surface area contributed by atoms with Crippen molar-refractivity contribution in [2.24, 2.45) is 11.8 Å².